The lowest BCUT2D eigenvalue weighted by molar-refractivity contribution is 0.331. The van der Waals surface area contributed by atoms with Gasteiger partial charge in [0.25, 0.3) is 0 Å². The van der Waals surface area contributed by atoms with Crippen LogP contribution < -0.4 is 11.1 Å². The van der Waals surface area contributed by atoms with Gasteiger partial charge in [-0.3, -0.25) is 0 Å². The van der Waals surface area contributed by atoms with Gasteiger partial charge in [0.1, 0.15) is 5.76 Å². The maximum absolute atomic E-state index is 5.84. The van der Waals surface area contributed by atoms with E-state index in [2.05, 4.69) is 5.32 Å². The van der Waals surface area contributed by atoms with Crippen molar-refractivity contribution in [1.29, 1.82) is 0 Å². The summed E-state index contributed by atoms with van der Waals surface area (Å²) in [7, 11) is 0. The minimum atomic E-state index is 0.404. The first kappa shape index (κ1) is 11.0. The Kier molecular flexibility index (Phi) is 3.67. The lowest BCUT2D eigenvalue weighted by atomic mass is 9.92. The van der Waals surface area contributed by atoms with E-state index in [1.165, 1.54) is 0 Å². The van der Waals surface area contributed by atoms with Gasteiger partial charge in [0.2, 0.25) is 0 Å². The highest BCUT2D eigenvalue weighted by molar-refractivity contribution is 6.28. The fraction of sp³-hybridized carbons (Fsp3) is 0.636. The molecule has 0 amide bonds. The molecule has 0 saturated heterocycles. The van der Waals surface area contributed by atoms with E-state index in [1.54, 1.807) is 6.07 Å². The molecule has 4 heteroatoms. The van der Waals surface area contributed by atoms with Crippen LogP contribution in [0.2, 0.25) is 5.22 Å². The van der Waals surface area contributed by atoms with Crippen molar-refractivity contribution in [2.24, 2.45) is 5.73 Å². The van der Waals surface area contributed by atoms with Crippen LogP contribution in [0.25, 0.3) is 0 Å². The van der Waals surface area contributed by atoms with Crippen LogP contribution in [-0.2, 0) is 6.54 Å². The van der Waals surface area contributed by atoms with E-state index < -0.39 is 0 Å². The van der Waals surface area contributed by atoms with Crippen molar-refractivity contribution in [1.82, 2.24) is 5.32 Å². The highest BCUT2D eigenvalue weighted by atomic mass is 35.5. The molecule has 2 rings (SSSR count). The molecule has 0 atom stereocenters. The minimum absolute atomic E-state index is 0.404. The van der Waals surface area contributed by atoms with Gasteiger partial charge < -0.3 is 15.5 Å². The van der Waals surface area contributed by atoms with Gasteiger partial charge in [-0.15, -0.1) is 0 Å². The second-order valence-corrected chi connectivity index (χ2v) is 4.57. The van der Waals surface area contributed by atoms with Crippen LogP contribution >= 0.6 is 11.6 Å². The van der Waals surface area contributed by atoms with Gasteiger partial charge in [-0.05, 0) is 49.4 Å². The van der Waals surface area contributed by atoms with E-state index in [9.17, 15) is 0 Å². The molecule has 0 unspecified atom stereocenters. The predicted molar refractivity (Wildman–Crippen MR) is 60.8 cm³/mol. The van der Waals surface area contributed by atoms with Crippen LogP contribution in [0.1, 0.15) is 31.4 Å². The van der Waals surface area contributed by atoms with Gasteiger partial charge in [-0.2, -0.15) is 0 Å². The van der Waals surface area contributed by atoms with Gasteiger partial charge >= 0.3 is 0 Å². The summed E-state index contributed by atoms with van der Waals surface area (Å²) in [6, 6.07) is 4.66. The highest BCUT2D eigenvalue weighted by Gasteiger charge is 2.17. The standard InChI is InChI=1S/C11H17ClN2O/c12-11-6-5-10(15-11)7-14-9-3-1-8(13)2-4-9/h5-6,8-9,14H,1-4,7,13H2. The molecule has 3 nitrogen and oxygen atoms in total. The van der Waals surface area contributed by atoms with Crippen LogP contribution in [0.3, 0.4) is 0 Å². The molecular formula is C11H17ClN2O. The number of halogens is 1. The average molecular weight is 229 g/mol. The molecule has 0 radical (unpaired) electrons. The maximum Gasteiger partial charge on any atom is 0.193 e. The maximum atomic E-state index is 5.84. The molecule has 0 bridgehead atoms. The summed E-state index contributed by atoms with van der Waals surface area (Å²) in [5.74, 6) is 0.898. The first-order valence-corrected chi connectivity index (χ1v) is 5.85. The summed E-state index contributed by atoms with van der Waals surface area (Å²) >= 11 is 5.69. The van der Waals surface area contributed by atoms with Crippen LogP contribution in [0.5, 0.6) is 0 Å². The quantitative estimate of drug-likeness (QED) is 0.835. The van der Waals surface area contributed by atoms with Gasteiger partial charge in [0, 0.05) is 12.1 Å². The molecule has 84 valence electrons. The third-order valence-electron chi connectivity index (χ3n) is 2.97. The Morgan fingerprint density at radius 2 is 2.07 bits per heavy atom. The summed E-state index contributed by atoms with van der Waals surface area (Å²) < 4.78 is 5.27. The Labute approximate surface area is 95.0 Å². The van der Waals surface area contributed by atoms with E-state index >= 15 is 0 Å². The average Bonchev–Trinajstić information content (AvgIpc) is 2.64. The predicted octanol–water partition coefficient (Wildman–Crippen LogP) is 2.29. The molecule has 1 fully saturated rings. The van der Waals surface area contributed by atoms with Crippen molar-refractivity contribution in [3.8, 4) is 0 Å². The topological polar surface area (TPSA) is 51.2 Å². The second kappa shape index (κ2) is 5.01. The highest BCUT2D eigenvalue weighted by Crippen LogP contribution is 2.18. The van der Waals surface area contributed by atoms with Gasteiger partial charge in [-0.25, -0.2) is 0 Å². The first-order chi connectivity index (χ1) is 7.24. The molecule has 0 aliphatic heterocycles. The largest absolute Gasteiger partial charge is 0.448 e. The molecule has 1 heterocycles. The van der Waals surface area contributed by atoms with Crippen LogP contribution in [0.15, 0.2) is 16.5 Å². The number of furan rings is 1. The van der Waals surface area contributed by atoms with Crippen molar-refractivity contribution in [2.45, 2.75) is 44.3 Å². The zero-order valence-corrected chi connectivity index (χ0v) is 9.46. The molecule has 1 aromatic heterocycles. The third kappa shape index (κ3) is 3.23. The SMILES string of the molecule is NC1CCC(NCc2ccc(Cl)o2)CC1. The zero-order chi connectivity index (χ0) is 10.7. The third-order valence-corrected chi connectivity index (χ3v) is 3.17. The number of hydrogen-bond acceptors (Lipinski definition) is 3. The number of nitrogens with one attached hydrogen (secondary N) is 1. The smallest absolute Gasteiger partial charge is 0.193 e. The Morgan fingerprint density at radius 1 is 1.33 bits per heavy atom. The van der Waals surface area contributed by atoms with Crippen LogP contribution in [0.4, 0.5) is 0 Å². The van der Waals surface area contributed by atoms with E-state index in [4.69, 9.17) is 21.8 Å². The number of hydrogen-bond donors (Lipinski definition) is 2. The van der Waals surface area contributed by atoms with E-state index in [0.717, 1.165) is 38.0 Å². The molecule has 0 spiro atoms. The van der Waals surface area contributed by atoms with Gasteiger partial charge in [0.15, 0.2) is 5.22 Å². The summed E-state index contributed by atoms with van der Waals surface area (Å²) in [5.41, 5.74) is 5.84. The molecule has 1 aliphatic carbocycles. The fourth-order valence-electron chi connectivity index (χ4n) is 2.02. The molecule has 1 aliphatic rings. The summed E-state index contributed by atoms with van der Waals surface area (Å²) in [5, 5.41) is 3.92. The molecule has 3 N–H and O–H groups in total. The molecule has 1 saturated carbocycles. The fourth-order valence-corrected chi connectivity index (χ4v) is 2.18. The van der Waals surface area contributed by atoms with Crippen molar-refractivity contribution in [3.63, 3.8) is 0 Å². The second-order valence-electron chi connectivity index (χ2n) is 4.20. The first-order valence-electron chi connectivity index (χ1n) is 5.47. The number of nitrogens with two attached hydrogens (primary N) is 1. The van der Waals surface area contributed by atoms with Crippen molar-refractivity contribution in [3.05, 3.63) is 23.1 Å². The molecular weight excluding hydrogens is 212 g/mol. The van der Waals surface area contributed by atoms with Gasteiger partial charge in [-0.1, -0.05) is 0 Å². The lowest BCUT2D eigenvalue weighted by Crippen LogP contribution is -2.36. The minimum Gasteiger partial charge on any atom is -0.448 e. The molecule has 1 aromatic rings. The molecule has 15 heavy (non-hydrogen) atoms. The van der Waals surface area contributed by atoms with Crippen LogP contribution in [-0.4, -0.2) is 12.1 Å². The summed E-state index contributed by atoms with van der Waals surface area (Å²) in [6.07, 6.45) is 4.57. The Bertz CT molecular complexity index is 305. The summed E-state index contributed by atoms with van der Waals surface area (Å²) in [4.78, 5) is 0. The van der Waals surface area contributed by atoms with E-state index in [0.29, 0.717) is 17.3 Å². The molecule has 0 aromatic carbocycles. The van der Waals surface area contributed by atoms with Crippen molar-refractivity contribution in [2.75, 3.05) is 0 Å². The Hall–Kier alpha value is -0.510. The van der Waals surface area contributed by atoms with E-state index in [-0.39, 0.29) is 0 Å². The van der Waals surface area contributed by atoms with Crippen LogP contribution in [0, 0.1) is 0 Å². The number of rotatable bonds is 3. The lowest BCUT2D eigenvalue weighted by Gasteiger charge is -2.26. The zero-order valence-electron chi connectivity index (χ0n) is 8.71. The normalized spacial score (nSPS) is 26.8. The van der Waals surface area contributed by atoms with Gasteiger partial charge in [0.05, 0.1) is 6.54 Å². The summed E-state index contributed by atoms with van der Waals surface area (Å²) in [6.45, 7) is 0.757. The monoisotopic (exact) mass is 228 g/mol. The van der Waals surface area contributed by atoms with Crippen molar-refractivity contribution >= 4 is 11.6 Å². The van der Waals surface area contributed by atoms with E-state index in [1.807, 2.05) is 6.07 Å². The Balaban J connectivity index is 1.74. The van der Waals surface area contributed by atoms with Crippen molar-refractivity contribution < 1.29 is 4.42 Å². The Morgan fingerprint density at radius 3 is 2.67 bits per heavy atom.